The molecule has 4 heteroatoms. The van der Waals surface area contributed by atoms with Gasteiger partial charge < -0.3 is 0 Å². The van der Waals surface area contributed by atoms with Crippen molar-refractivity contribution in [2.24, 2.45) is 0 Å². The molecule has 4 heavy (non-hydrogen) atoms. The normalized spacial score (nSPS) is 0. The second kappa shape index (κ2) is 15.9. The average Bonchev–Trinajstić information content (AvgIpc) is 0. The molecule has 0 aliphatic carbocycles. The van der Waals surface area contributed by atoms with Gasteiger partial charge in [0, 0.05) is 0 Å². The molecule has 0 aliphatic heterocycles. The van der Waals surface area contributed by atoms with E-state index in [9.17, 15) is 0 Å². The fourth-order valence-corrected chi connectivity index (χ4v) is 0. The fraction of sp³-hybridized carbons (Fsp3) is 0. The molecule has 0 atom stereocenters. The first-order valence-corrected chi connectivity index (χ1v) is 0. The standard InChI is InChI=1S/BrH.2Ca.HI.4H/h1H;;;1H;;;;. The van der Waals surface area contributed by atoms with Crippen LogP contribution in [0, 0.1) is 0 Å². The van der Waals surface area contributed by atoms with Gasteiger partial charge in [-0.05, 0) is 0 Å². The second-order valence-corrected chi connectivity index (χ2v) is 0. The molecule has 0 aromatic heterocycles. The Kier molecular flexibility index (Phi) is 99.9. The number of hydrogen-bond donors (Lipinski definition) is 0. The third-order valence-electron chi connectivity index (χ3n) is 0. The van der Waals surface area contributed by atoms with Gasteiger partial charge >= 0.3 is 75.5 Å². The molecule has 0 unspecified atom stereocenters. The monoisotopic (exact) mass is 292 g/mol. The quantitative estimate of drug-likeness (QED) is 0.412. The van der Waals surface area contributed by atoms with Crippen molar-refractivity contribution in [1.82, 2.24) is 0 Å². The van der Waals surface area contributed by atoms with Gasteiger partial charge in [-0.25, -0.2) is 0 Å². The summed E-state index contributed by atoms with van der Waals surface area (Å²) in [4.78, 5) is 0. The first-order valence-electron chi connectivity index (χ1n) is 0. The van der Waals surface area contributed by atoms with Crippen LogP contribution in [-0.2, 0) is 0 Å². The van der Waals surface area contributed by atoms with Gasteiger partial charge in [0.1, 0.15) is 0 Å². The van der Waals surface area contributed by atoms with Crippen LogP contribution in [0.1, 0.15) is 0 Å². The van der Waals surface area contributed by atoms with Crippen LogP contribution in [0.15, 0.2) is 0 Å². The van der Waals surface area contributed by atoms with Crippen LogP contribution in [0.25, 0.3) is 0 Å². The van der Waals surface area contributed by atoms with E-state index in [1.165, 1.54) is 0 Å². The molecule has 0 aromatic carbocycles. The molecule has 0 rings (SSSR count). The van der Waals surface area contributed by atoms with Crippen molar-refractivity contribution in [2.75, 3.05) is 0 Å². The molecule has 0 radical (unpaired) electrons. The van der Waals surface area contributed by atoms with Gasteiger partial charge in [0.2, 0.25) is 0 Å². The van der Waals surface area contributed by atoms with Crippen molar-refractivity contribution >= 4 is 116 Å². The zero-order valence-corrected chi connectivity index (χ0v) is 4.86. The molecule has 0 aliphatic rings. The van der Waals surface area contributed by atoms with Crippen LogP contribution >= 0.6 is 41.0 Å². The Hall–Kier alpha value is 3.73. The minimum absolute atomic E-state index is 0. The molecule has 0 saturated heterocycles. The predicted molar refractivity (Wildman–Crippen MR) is 42.8 cm³/mol. The summed E-state index contributed by atoms with van der Waals surface area (Å²) >= 11 is 0. The minimum atomic E-state index is 0. The van der Waals surface area contributed by atoms with E-state index in [0.717, 1.165) is 0 Å². The van der Waals surface area contributed by atoms with Gasteiger partial charge in [-0.2, -0.15) is 0 Å². The summed E-state index contributed by atoms with van der Waals surface area (Å²) in [5.41, 5.74) is 0. The average molecular weight is 293 g/mol. The number of hydrogen-bond acceptors (Lipinski definition) is 0. The van der Waals surface area contributed by atoms with Crippen LogP contribution < -0.4 is 0 Å². The SMILES string of the molecule is Br.I.[CaH2].[CaH2]. The van der Waals surface area contributed by atoms with Crippen molar-refractivity contribution in [1.29, 1.82) is 0 Å². The maximum atomic E-state index is 0. The van der Waals surface area contributed by atoms with Gasteiger partial charge in [0.25, 0.3) is 0 Å². The molecular formula is H6BrCa2I. The van der Waals surface area contributed by atoms with Gasteiger partial charge in [-0.1, -0.05) is 0 Å². The third kappa shape index (κ3) is 9.21. The van der Waals surface area contributed by atoms with E-state index in [4.69, 9.17) is 0 Å². The van der Waals surface area contributed by atoms with Gasteiger partial charge in [0.15, 0.2) is 0 Å². The fourth-order valence-electron chi connectivity index (χ4n) is 0. The summed E-state index contributed by atoms with van der Waals surface area (Å²) in [5, 5.41) is 0. The topological polar surface area (TPSA) is 0 Å². The zero-order chi connectivity index (χ0) is 0. The summed E-state index contributed by atoms with van der Waals surface area (Å²) in [5.74, 6) is 0. The van der Waals surface area contributed by atoms with E-state index in [1.54, 1.807) is 0 Å². The Labute approximate surface area is 113 Å². The van der Waals surface area contributed by atoms with E-state index in [2.05, 4.69) is 0 Å². The van der Waals surface area contributed by atoms with Gasteiger partial charge in [-0.3, -0.25) is 0 Å². The predicted octanol–water partition coefficient (Wildman–Crippen LogP) is -0.637. The second-order valence-electron chi connectivity index (χ2n) is 0. The molecule has 24 valence electrons. The molecule has 0 aromatic rings. The first kappa shape index (κ1) is 25.2. The van der Waals surface area contributed by atoms with Gasteiger partial charge in [0.05, 0.1) is 0 Å². The summed E-state index contributed by atoms with van der Waals surface area (Å²) in [6.45, 7) is 0. The summed E-state index contributed by atoms with van der Waals surface area (Å²) in [7, 11) is 0. The van der Waals surface area contributed by atoms with E-state index in [0.29, 0.717) is 0 Å². The van der Waals surface area contributed by atoms with Crippen molar-refractivity contribution in [3.63, 3.8) is 0 Å². The Balaban J connectivity index is 0. The van der Waals surface area contributed by atoms with Crippen LogP contribution in [0.3, 0.4) is 0 Å². The Morgan fingerprint density at radius 3 is 0.750 bits per heavy atom. The molecule has 0 fully saturated rings. The first-order chi connectivity index (χ1) is 0. The van der Waals surface area contributed by atoms with Gasteiger partial charge in [-0.15, -0.1) is 41.0 Å². The number of rotatable bonds is 0. The Morgan fingerprint density at radius 1 is 0.750 bits per heavy atom. The molecule has 0 nitrogen and oxygen atoms in total. The van der Waals surface area contributed by atoms with Crippen LogP contribution in [0.5, 0.6) is 0 Å². The summed E-state index contributed by atoms with van der Waals surface area (Å²) < 4.78 is 0. The Bertz CT molecular complexity index is 6.00. The number of halogens is 2. The van der Waals surface area contributed by atoms with Crippen molar-refractivity contribution < 1.29 is 0 Å². The molecule has 0 heterocycles. The van der Waals surface area contributed by atoms with E-state index < -0.39 is 0 Å². The molecule has 0 saturated carbocycles. The molecule has 0 N–H and O–H groups in total. The zero-order valence-electron chi connectivity index (χ0n) is 0.816. The Morgan fingerprint density at radius 2 is 0.750 bits per heavy atom. The molecule has 0 bridgehead atoms. The van der Waals surface area contributed by atoms with Crippen LogP contribution in [-0.4, -0.2) is 75.5 Å². The maximum absolute atomic E-state index is 0. The molecule has 0 spiro atoms. The van der Waals surface area contributed by atoms with Crippen LogP contribution in [0.4, 0.5) is 0 Å². The van der Waals surface area contributed by atoms with Crippen molar-refractivity contribution in [2.45, 2.75) is 0 Å². The molecular weight excluding hydrogens is 287 g/mol. The summed E-state index contributed by atoms with van der Waals surface area (Å²) in [6, 6.07) is 0. The van der Waals surface area contributed by atoms with E-state index in [1.807, 2.05) is 0 Å². The van der Waals surface area contributed by atoms with E-state index >= 15 is 0 Å². The third-order valence-corrected chi connectivity index (χ3v) is 0. The van der Waals surface area contributed by atoms with Crippen molar-refractivity contribution in [3.8, 4) is 0 Å². The summed E-state index contributed by atoms with van der Waals surface area (Å²) in [6.07, 6.45) is 0. The molecule has 0 amide bonds. The van der Waals surface area contributed by atoms with Crippen molar-refractivity contribution in [3.05, 3.63) is 0 Å². The van der Waals surface area contributed by atoms with E-state index in [-0.39, 0.29) is 116 Å². The van der Waals surface area contributed by atoms with Crippen LogP contribution in [0.2, 0.25) is 0 Å².